The van der Waals surface area contributed by atoms with Gasteiger partial charge in [0.05, 0.1) is 7.11 Å². The fourth-order valence-electron chi connectivity index (χ4n) is 1.29. The highest BCUT2D eigenvalue weighted by Crippen LogP contribution is 2.16. The van der Waals surface area contributed by atoms with Crippen molar-refractivity contribution < 1.29 is 9.53 Å². The average molecular weight is 230 g/mol. The fraction of sp³-hybridized carbons (Fsp3) is 0.231. The van der Waals surface area contributed by atoms with Crippen LogP contribution in [-0.4, -0.2) is 13.1 Å². The van der Waals surface area contributed by atoms with Crippen molar-refractivity contribution in [2.75, 3.05) is 12.4 Å². The number of methoxy groups -OCH3 is 1. The van der Waals surface area contributed by atoms with Crippen LogP contribution < -0.4 is 5.32 Å². The highest BCUT2D eigenvalue weighted by Gasteiger charge is 2.08. The van der Waals surface area contributed by atoms with Crippen molar-refractivity contribution in [3.05, 3.63) is 41.1 Å². The number of rotatable bonds is 3. The fourth-order valence-corrected chi connectivity index (χ4v) is 1.29. The number of carbonyl (C=O) groups is 1. The lowest BCUT2D eigenvalue weighted by molar-refractivity contribution is -0.135. The summed E-state index contributed by atoms with van der Waals surface area (Å²) in [6.07, 6.45) is 1.35. The predicted molar refractivity (Wildman–Crippen MR) is 65.3 cm³/mol. The van der Waals surface area contributed by atoms with Crippen molar-refractivity contribution in [3.63, 3.8) is 0 Å². The zero-order valence-electron chi connectivity index (χ0n) is 10.1. The molecule has 0 aliphatic rings. The van der Waals surface area contributed by atoms with Crippen molar-refractivity contribution in [2.45, 2.75) is 13.8 Å². The van der Waals surface area contributed by atoms with Gasteiger partial charge >= 0.3 is 5.97 Å². The number of carbonyl (C=O) groups excluding carboxylic acids is 1. The van der Waals surface area contributed by atoms with E-state index in [1.54, 1.807) is 6.07 Å². The van der Waals surface area contributed by atoms with Gasteiger partial charge in [-0.3, -0.25) is 0 Å². The van der Waals surface area contributed by atoms with E-state index in [1.165, 1.54) is 13.3 Å². The van der Waals surface area contributed by atoms with Crippen LogP contribution in [0.15, 0.2) is 30.0 Å². The molecule has 88 valence electrons. The summed E-state index contributed by atoms with van der Waals surface area (Å²) in [4.78, 5) is 11.2. The van der Waals surface area contributed by atoms with Crippen molar-refractivity contribution >= 4 is 11.7 Å². The number of aryl methyl sites for hydroxylation is 2. The van der Waals surface area contributed by atoms with E-state index in [2.05, 4.69) is 10.1 Å². The third kappa shape index (κ3) is 3.35. The summed E-state index contributed by atoms with van der Waals surface area (Å²) < 4.78 is 4.48. The van der Waals surface area contributed by atoms with E-state index in [4.69, 9.17) is 5.26 Å². The molecule has 0 spiro atoms. The van der Waals surface area contributed by atoms with E-state index < -0.39 is 5.97 Å². The van der Waals surface area contributed by atoms with E-state index in [-0.39, 0.29) is 5.57 Å². The summed E-state index contributed by atoms with van der Waals surface area (Å²) in [6.45, 7) is 3.92. The topological polar surface area (TPSA) is 62.1 Å². The van der Waals surface area contributed by atoms with Gasteiger partial charge in [0.25, 0.3) is 0 Å². The normalized spacial score (nSPS) is 10.6. The summed E-state index contributed by atoms with van der Waals surface area (Å²) in [5.74, 6) is -0.648. The molecule has 4 heteroatoms. The minimum atomic E-state index is -0.648. The van der Waals surface area contributed by atoms with Gasteiger partial charge in [0.2, 0.25) is 0 Å². The molecule has 1 rings (SSSR count). The minimum absolute atomic E-state index is 0.0617. The van der Waals surface area contributed by atoms with Gasteiger partial charge in [-0.25, -0.2) is 4.79 Å². The molecule has 0 bridgehead atoms. The molecule has 0 heterocycles. The third-order valence-electron chi connectivity index (χ3n) is 2.29. The Bertz CT molecular complexity index is 499. The minimum Gasteiger partial charge on any atom is -0.465 e. The first-order chi connectivity index (χ1) is 8.08. The maximum Gasteiger partial charge on any atom is 0.350 e. The van der Waals surface area contributed by atoms with Crippen LogP contribution in [0.1, 0.15) is 11.1 Å². The second kappa shape index (κ2) is 5.71. The highest BCUT2D eigenvalue weighted by atomic mass is 16.5. The van der Waals surface area contributed by atoms with Crippen LogP contribution in [0.5, 0.6) is 0 Å². The molecular formula is C13H14N2O2. The summed E-state index contributed by atoms with van der Waals surface area (Å²) in [6, 6.07) is 7.69. The Hall–Kier alpha value is -2.28. The molecule has 1 N–H and O–H groups in total. The molecule has 0 aromatic heterocycles. The van der Waals surface area contributed by atoms with Crippen LogP contribution in [0.4, 0.5) is 5.69 Å². The summed E-state index contributed by atoms with van der Waals surface area (Å²) in [7, 11) is 1.24. The number of nitrogens with one attached hydrogen (secondary N) is 1. The van der Waals surface area contributed by atoms with Gasteiger partial charge < -0.3 is 10.1 Å². The molecular weight excluding hydrogens is 216 g/mol. The Morgan fingerprint density at radius 2 is 2.18 bits per heavy atom. The van der Waals surface area contributed by atoms with Gasteiger partial charge in [0, 0.05) is 11.9 Å². The van der Waals surface area contributed by atoms with E-state index >= 15 is 0 Å². The maximum absolute atomic E-state index is 11.2. The molecule has 1 aromatic rings. The second-order valence-electron chi connectivity index (χ2n) is 3.62. The van der Waals surface area contributed by atoms with E-state index in [0.29, 0.717) is 0 Å². The number of hydrogen-bond donors (Lipinski definition) is 1. The van der Waals surface area contributed by atoms with Gasteiger partial charge in [0.1, 0.15) is 6.07 Å². The van der Waals surface area contributed by atoms with E-state index in [9.17, 15) is 4.79 Å². The largest absolute Gasteiger partial charge is 0.465 e. The first-order valence-corrected chi connectivity index (χ1v) is 5.11. The smallest absolute Gasteiger partial charge is 0.350 e. The standard InChI is InChI=1S/C13H14N2O2/c1-9-4-5-10(2)12(6-9)15-8-11(7-14)13(16)17-3/h4-6,8,15H,1-3H3/b11-8+. The van der Waals surface area contributed by atoms with Crippen molar-refractivity contribution in [1.82, 2.24) is 0 Å². The number of esters is 1. The Morgan fingerprint density at radius 3 is 2.76 bits per heavy atom. The Morgan fingerprint density at radius 1 is 1.47 bits per heavy atom. The first-order valence-electron chi connectivity index (χ1n) is 5.11. The van der Waals surface area contributed by atoms with Crippen LogP contribution >= 0.6 is 0 Å². The Balaban J connectivity index is 2.92. The SMILES string of the molecule is COC(=O)/C(C#N)=C/Nc1cc(C)ccc1C. The molecule has 0 saturated carbocycles. The zero-order chi connectivity index (χ0) is 12.8. The molecule has 0 fully saturated rings. The van der Waals surface area contributed by atoms with Crippen molar-refractivity contribution in [2.24, 2.45) is 0 Å². The number of nitrogens with zero attached hydrogens (tertiary/aromatic N) is 1. The van der Waals surface area contributed by atoms with Gasteiger partial charge in [-0.2, -0.15) is 5.26 Å². The van der Waals surface area contributed by atoms with Gasteiger partial charge in [-0.05, 0) is 31.0 Å². The molecule has 1 aromatic carbocycles. The summed E-state index contributed by atoms with van der Waals surface area (Å²) in [5, 5.41) is 11.7. The molecule has 0 unspecified atom stereocenters. The maximum atomic E-state index is 11.2. The predicted octanol–water partition coefficient (Wildman–Crippen LogP) is 2.30. The number of benzene rings is 1. The highest BCUT2D eigenvalue weighted by molar-refractivity contribution is 5.93. The van der Waals surface area contributed by atoms with Crippen LogP contribution in [-0.2, 0) is 9.53 Å². The van der Waals surface area contributed by atoms with Crippen LogP contribution in [0.25, 0.3) is 0 Å². The molecule has 0 radical (unpaired) electrons. The van der Waals surface area contributed by atoms with E-state index in [1.807, 2.05) is 32.0 Å². The van der Waals surface area contributed by atoms with E-state index in [0.717, 1.165) is 16.8 Å². The van der Waals surface area contributed by atoms with Crippen molar-refractivity contribution in [3.8, 4) is 6.07 Å². The summed E-state index contributed by atoms with van der Waals surface area (Å²) >= 11 is 0. The van der Waals surface area contributed by atoms with Crippen LogP contribution in [0.2, 0.25) is 0 Å². The van der Waals surface area contributed by atoms with Gasteiger partial charge in [-0.1, -0.05) is 12.1 Å². The van der Waals surface area contributed by atoms with Crippen molar-refractivity contribution in [1.29, 1.82) is 5.26 Å². The molecule has 0 atom stereocenters. The zero-order valence-corrected chi connectivity index (χ0v) is 10.1. The van der Waals surface area contributed by atoms with Crippen LogP contribution in [0, 0.1) is 25.2 Å². The molecule has 0 aliphatic heterocycles. The lowest BCUT2D eigenvalue weighted by atomic mass is 10.1. The Labute approximate surface area is 101 Å². The molecule has 0 aliphatic carbocycles. The molecule has 0 saturated heterocycles. The summed E-state index contributed by atoms with van der Waals surface area (Å²) in [5.41, 5.74) is 2.94. The first kappa shape index (κ1) is 12.8. The third-order valence-corrected chi connectivity index (χ3v) is 2.29. The molecule has 4 nitrogen and oxygen atoms in total. The number of anilines is 1. The lowest BCUT2D eigenvalue weighted by Gasteiger charge is -2.06. The Kier molecular flexibility index (Phi) is 4.29. The lowest BCUT2D eigenvalue weighted by Crippen LogP contribution is -2.05. The quantitative estimate of drug-likeness (QED) is 0.491. The number of ether oxygens (including phenoxy) is 1. The van der Waals surface area contributed by atoms with Gasteiger partial charge in [-0.15, -0.1) is 0 Å². The number of nitriles is 1. The van der Waals surface area contributed by atoms with Crippen LogP contribution in [0.3, 0.4) is 0 Å². The molecule has 17 heavy (non-hydrogen) atoms. The molecule has 0 amide bonds. The second-order valence-corrected chi connectivity index (χ2v) is 3.62. The van der Waals surface area contributed by atoms with Gasteiger partial charge in [0.15, 0.2) is 5.57 Å². The monoisotopic (exact) mass is 230 g/mol. The average Bonchev–Trinajstić information content (AvgIpc) is 2.33. The number of hydrogen-bond acceptors (Lipinski definition) is 4.